The molecule has 0 spiro atoms. The number of rotatable bonds is 4. The van der Waals surface area contributed by atoms with E-state index in [-0.39, 0.29) is 24.8 Å². The van der Waals surface area contributed by atoms with Gasteiger partial charge >= 0.3 is 5.97 Å². The highest BCUT2D eigenvalue weighted by atomic mass is 19.1. The van der Waals surface area contributed by atoms with Crippen LogP contribution < -0.4 is 5.32 Å². The zero-order valence-corrected chi connectivity index (χ0v) is 14.8. The molecule has 7 heteroatoms. The Morgan fingerprint density at radius 2 is 2.04 bits per heavy atom. The number of methoxy groups -OCH3 is 1. The third kappa shape index (κ3) is 4.31. The average molecular weight is 370 g/mol. The summed E-state index contributed by atoms with van der Waals surface area (Å²) < 4.78 is 19.0. The first-order valence-corrected chi connectivity index (χ1v) is 8.49. The molecule has 1 aliphatic heterocycles. The molecule has 1 N–H and O–H groups in total. The lowest BCUT2D eigenvalue weighted by Crippen LogP contribution is -2.49. The minimum atomic E-state index is -0.453. The summed E-state index contributed by atoms with van der Waals surface area (Å²) in [5.74, 6) is -1.35. The monoisotopic (exact) mass is 370 g/mol. The second-order valence-corrected chi connectivity index (χ2v) is 6.22. The molecule has 0 aliphatic carbocycles. The van der Waals surface area contributed by atoms with Crippen LogP contribution in [-0.2, 0) is 20.7 Å². The number of nitrogens with one attached hydrogen (secondary N) is 1. The van der Waals surface area contributed by atoms with Crippen LogP contribution in [0.5, 0.6) is 0 Å². The van der Waals surface area contributed by atoms with Gasteiger partial charge in [-0.2, -0.15) is 0 Å². The van der Waals surface area contributed by atoms with Crippen LogP contribution in [0.3, 0.4) is 0 Å². The largest absolute Gasteiger partial charge is 0.469 e. The summed E-state index contributed by atoms with van der Waals surface area (Å²) in [6.45, 7) is 0.846. The van der Waals surface area contributed by atoms with E-state index in [4.69, 9.17) is 0 Å². The van der Waals surface area contributed by atoms with E-state index in [2.05, 4.69) is 10.1 Å². The minimum Gasteiger partial charge on any atom is -0.469 e. The van der Waals surface area contributed by atoms with E-state index >= 15 is 0 Å². The standard InChI is InChI=1S/C20H19FN2O4/c1-27-19(25)10-13-5-6-17(21)16(9-13)14-3-2-4-15(11-14)20(26)23-8-7-22-18(24)12-23/h2-6,9,11H,7-8,10,12H2,1H3,(H,22,24). The van der Waals surface area contributed by atoms with Gasteiger partial charge in [-0.05, 0) is 35.4 Å². The van der Waals surface area contributed by atoms with Crippen molar-refractivity contribution in [2.75, 3.05) is 26.7 Å². The molecular weight excluding hydrogens is 351 g/mol. The summed E-state index contributed by atoms with van der Waals surface area (Å²) in [4.78, 5) is 37.1. The first kappa shape index (κ1) is 18.6. The molecule has 0 saturated carbocycles. The molecule has 2 aromatic carbocycles. The number of benzene rings is 2. The van der Waals surface area contributed by atoms with Gasteiger partial charge < -0.3 is 15.0 Å². The summed E-state index contributed by atoms with van der Waals surface area (Å²) in [6, 6.07) is 11.0. The van der Waals surface area contributed by atoms with E-state index in [1.54, 1.807) is 30.3 Å². The first-order valence-electron chi connectivity index (χ1n) is 8.49. The van der Waals surface area contributed by atoms with Gasteiger partial charge in [0.1, 0.15) is 5.82 Å². The van der Waals surface area contributed by atoms with Crippen LogP contribution in [0.25, 0.3) is 11.1 Å². The lowest BCUT2D eigenvalue weighted by atomic mass is 9.99. The van der Waals surface area contributed by atoms with Crippen molar-refractivity contribution in [2.45, 2.75) is 6.42 Å². The summed E-state index contributed by atoms with van der Waals surface area (Å²) in [6.07, 6.45) is 0.0330. The molecule has 0 atom stereocenters. The van der Waals surface area contributed by atoms with E-state index in [1.807, 2.05) is 0 Å². The van der Waals surface area contributed by atoms with Gasteiger partial charge in [-0.1, -0.05) is 18.2 Å². The Morgan fingerprint density at radius 3 is 2.78 bits per heavy atom. The second kappa shape index (κ2) is 7.99. The number of halogens is 1. The van der Waals surface area contributed by atoms with Crippen LogP contribution in [0, 0.1) is 5.82 Å². The zero-order valence-electron chi connectivity index (χ0n) is 14.8. The van der Waals surface area contributed by atoms with Crippen molar-refractivity contribution in [1.82, 2.24) is 10.2 Å². The number of piperazine rings is 1. The van der Waals surface area contributed by atoms with E-state index in [0.29, 0.717) is 35.3 Å². The molecule has 0 aromatic heterocycles. The minimum absolute atomic E-state index is 0.00599. The summed E-state index contributed by atoms with van der Waals surface area (Å²) in [7, 11) is 1.29. The Labute approximate surface area is 155 Å². The summed E-state index contributed by atoms with van der Waals surface area (Å²) in [5, 5.41) is 2.67. The van der Waals surface area contributed by atoms with Crippen LogP contribution in [-0.4, -0.2) is 49.4 Å². The number of carbonyl (C=O) groups is 3. The maximum absolute atomic E-state index is 14.3. The molecule has 2 aromatic rings. The Kier molecular flexibility index (Phi) is 5.49. The zero-order chi connectivity index (χ0) is 19.4. The van der Waals surface area contributed by atoms with E-state index in [1.165, 1.54) is 24.1 Å². The van der Waals surface area contributed by atoms with Gasteiger partial charge in [0.25, 0.3) is 5.91 Å². The number of nitrogens with zero attached hydrogens (tertiary/aromatic N) is 1. The molecule has 1 fully saturated rings. The SMILES string of the molecule is COC(=O)Cc1ccc(F)c(-c2cccc(C(=O)N3CCNC(=O)C3)c2)c1. The van der Waals surface area contributed by atoms with Gasteiger partial charge in [-0.15, -0.1) is 0 Å². The third-order valence-electron chi connectivity index (χ3n) is 4.35. The molecule has 0 bridgehead atoms. The Balaban J connectivity index is 1.89. The van der Waals surface area contributed by atoms with Gasteiger partial charge in [-0.25, -0.2) is 4.39 Å². The maximum atomic E-state index is 14.3. The van der Waals surface area contributed by atoms with Crippen molar-refractivity contribution in [1.29, 1.82) is 0 Å². The molecule has 1 saturated heterocycles. The van der Waals surface area contributed by atoms with Crippen LogP contribution in [0.15, 0.2) is 42.5 Å². The molecule has 3 rings (SSSR count). The van der Waals surface area contributed by atoms with E-state index in [0.717, 1.165) is 0 Å². The smallest absolute Gasteiger partial charge is 0.309 e. The van der Waals surface area contributed by atoms with Crippen LogP contribution in [0.1, 0.15) is 15.9 Å². The molecule has 6 nitrogen and oxygen atoms in total. The number of hydrogen-bond donors (Lipinski definition) is 1. The Morgan fingerprint density at radius 1 is 1.22 bits per heavy atom. The van der Waals surface area contributed by atoms with Crippen LogP contribution >= 0.6 is 0 Å². The highest BCUT2D eigenvalue weighted by molar-refractivity contribution is 5.98. The van der Waals surface area contributed by atoms with Crippen molar-refractivity contribution >= 4 is 17.8 Å². The second-order valence-electron chi connectivity index (χ2n) is 6.22. The normalized spacial score (nSPS) is 13.9. The fourth-order valence-corrected chi connectivity index (χ4v) is 2.96. The predicted molar refractivity (Wildman–Crippen MR) is 96.5 cm³/mol. The Bertz CT molecular complexity index is 897. The summed E-state index contributed by atoms with van der Waals surface area (Å²) in [5.41, 5.74) is 1.80. The number of hydrogen-bond acceptors (Lipinski definition) is 4. The molecule has 0 unspecified atom stereocenters. The number of amides is 2. The maximum Gasteiger partial charge on any atom is 0.309 e. The highest BCUT2D eigenvalue weighted by Gasteiger charge is 2.22. The highest BCUT2D eigenvalue weighted by Crippen LogP contribution is 2.26. The molecular formula is C20H19FN2O4. The molecule has 1 aliphatic rings. The number of ether oxygens (including phenoxy) is 1. The quantitative estimate of drug-likeness (QED) is 0.833. The number of esters is 1. The average Bonchev–Trinajstić information content (AvgIpc) is 2.69. The van der Waals surface area contributed by atoms with E-state index < -0.39 is 11.8 Å². The van der Waals surface area contributed by atoms with Gasteiger partial charge in [0.05, 0.1) is 20.1 Å². The van der Waals surface area contributed by atoms with Crippen molar-refractivity contribution in [3.8, 4) is 11.1 Å². The lowest BCUT2D eigenvalue weighted by Gasteiger charge is -2.26. The topological polar surface area (TPSA) is 75.7 Å². The fourth-order valence-electron chi connectivity index (χ4n) is 2.96. The molecule has 140 valence electrons. The van der Waals surface area contributed by atoms with Crippen molar-refractivity contribution < 1.29 is 23.5 Å². The van der Waals surface area contributed by atoms with Crippen molar-refractivity contribution in [3.63, 3.8) is 0 Å². The van der Waals surface area contributed by atoms with Gasteiger partial charge in [0, 0.05) is 24.2 Å². The van der Waals surface area contributed by atoms with Crippen LogP contribution in [0.4, 0.5) is 4.39 Å². The fraction of sp³-hybridized carbons (Fsp3) is 0.250. The molecule has 1 heterocycles. The van der Waals surface area contributed by atoms with Gasteiger partial charge in [-0.3, -0.25) is 14.4 Å². The molecule has 27 heavy (non-hydrogen) atoms. The Hall–Kier alpha value is -3.22. The lowest BCUT2D eigenvalue weighted by molar-refractivity contribution is -0.139. The van der Waals surface area contributed by atoms with E-state index in [9.17, 15) is 18.8 Å². The third-order valence-corrected chi connectivity index (χ3v) is 4.35. The number of carbonyl (C=O) groups excluding carboxylic acids is 3. The van der Waals surface area contributed by atoms with Gasteiger partial charge in [0.2, 0.25) is 5.91 Å². The van der Waals surface area contributed by atoms with Crippen LogP contribution in [0.2, 0.25) is 0 Å². The van der Waals surface area contributed by atoms with Crippen molar-refractivity contribution in [3.05, 3.63) is 59.4 Å². The molecule has 0 radical (unpaired) electrons. The first-order chi connectivity index (χ1) is 13.0. The summed E-state index contributed by atoms with van der Waals surface area (Å²) >= 11 is 0. The van der Waals surface area contributed by atoms with Gasteiger partial charge in [0.15, 0.2) is 0 Å². The predicted octanol–water partition coefficient (Wildman–Crippen LogP) is 1.78. The van der Waals surface area contributed by atoms with Crippen molar-refractivity contribution in [2.24, 2.45) is 0 Å². The molecule has 2 amide bonds.